The van der Waals surface area contributed by atoms with Crippen LogP contribution in [0.25, 0.3) is 0 Å². The third-order valence-corrected chi connectivity index (χ3v) is 4.34. The van der Waals surface area contributed by atoms with Crippen LogP contribution >= 0.6 is 23.1 Å². The van der Waals surface area contributed by atoms with Gasteiger partial charge < -0.3 is 11.1 Å². The van der Waals surface area contributed by atoms with Crippen molar-refractivity contribution in [1.29, 1.82) is 0 Å². The number of thiazole rings is 1. The molecule has 0 aliphatic carbocycles. The molecule has 2 rings (SSSR count). The van der Waals surface area contributed by atoms with Gasteiger partial charge in [-0.25, -0.2) is 9.37 Å². The summed E-state index contributed by atoms with van der Waals surface area (Å²) in [5.74, 6) is -0.418. The number of carbonyl (C=O) groups excluding carboxylic acids is 1. The second kappa shape index (κ2) is 6.03. The van der Waals surface area contributed by atoms with Crippen LogP contribution in [0.3, 0.4) is 0 Å². The normalized spacial score (nSPS) is 10.4. The number of nitrogens with zero attached hydrogens (tertiary/aromatic N) is 1. The fourth-order valence-electron chi connectivity index (χ4n) is 1.34. The predicted molar refractivity (Wildman–Crippen MR) is 77.0 cm³/mol. The van der Waals surface area contributed by atoms with E-state index in [0.717, 1.165) is 10.0 Å². The van der Waals surface area contributed by atoms with Crippen molar-refractivity contribution in [2.45, 2.75) is 11.3 Å². The molecule has 0 saturated heterocycles. The zero-order chi connectivity index (χ0) is 13.8. The largest absolute Gasteiger partial charge is 0.396 e. The highest BCUT2D eigenvalue weighted by molar-refractivity contribution is 8.01. The fourth-order valence-corrected chi connectivity index (χ4v) is 2.99. The molecular formula is C12H12FN3OS2. The maximum Gasteiger partial charge on any atom is 0.234 e. The Morgan fingerprint density at radius 1 is 1.58 bits per heavy atom. The van der Waals surface area contributed by atoms with Crippen molar-refractivity contribution in [1.82, 2.24) is 4.98 Å². The summed E-state index contributed by atoms with van der Waals surface area (Å²) in [5.41, 5.74) is 6.87. The molecule has 100 valence electrons. The van der Waals surface area contributed by atoms with E-state index in [1.165, 1.54) is 41.3 Å². The van der Waals surface area contributed by atoms with E-state index in [1.807, 2.05) is 12.3 Å². The first-order valence-electron chi connectivity index (χ1n) is 5.44. The highest BCUT2D eigenvalue weighted by Gasteiger charge is 2.07. The molecule has 7 heteroatoms. The summed E-state index contributed by atoms with van der Waals surface area (Å²) in [4.78, 5) is 15.9. The average Bonchev–Trinajstić information content (AvgIpc) is 2.77. The van der Waals surface area contributed by atoms with E-state index in [2.05, 4.69) is 10.3 Å². The summed E-state index contributed by atoms with van der Waals surface area (Å²) in [7, 11) is 0. The minimum atomic E-state index is -0.495. The first-order valence-corrected chi connectivity index (χ1v) is 7.31. The standard InChI is InChI=1S/C12H12FN3OS2/c1-7-5-18-12(15-7)19-6-11(17)16-8-2-3-9(13)10(14)4-8/h2-5H,6,14H2,1H3,(H,16,17). The van der Waals surface area contributed by atoms with Gasteiger partial charge in [0.2, 0.25) is 5.91 Å². The van der Waals surface area contributed by atoms with Gasteiger partial charge in [-0.3, -0.25) is 4.79 Å². The van der Waals surface area contributed by atoms with Crippen molar-refractivity contribution in [2.75, 3.05) is 16.8 Å². The fraction of sp³-hybridized carbons (Fsp3) is 0.167. The molecule has 19 heavy (non-hydrogen) atoms. The van der Waals surface area contributed by atoms with Crippen molar-refractivity contribution in [2.24, 2.45) is 0 Å². The van der Waals surface area contributed by atoms with Gasteiger partial charge in [-0.05, 0) is 25.1 Å². The minimum Gasteiger partial charge on any atom is -0.396 e. The van der Waals surface area contributed by atoms with Gasteiger partial charge in [0.05, 0.1) is 11.4 Å². The van der Waals surface area contributed by atoms with E-state index in [1.54, 1.807) is 0 Å². The van der Waals surface area contributed by atoms with E-state index < -0.39 is 5.82 Å². The molecule has 0 aliphatic rings. The van der Waals surface area contributed by atoms with Crippen LogP contribution in [-0.4, -0.2) is 16.6 Å². The smallest absolute Gasteiger partial charge is 0.234 e. The number of thioether (sulfide) groups is 1. The summed E-state index contributed by atoms with van der Waals surface area (Å²) in [6.45, 7) is 1.90. The Kier molecular flexibility index (Phi) is 4.39. The number of hydrogen-bond donors (Lipinski definition) is 2. The Morgan fingerprint density at radius 3 is 3.00 bits per heavy atom. The van der Waals surface area contributed by atoms with Crippen molar-refractivity contribution in [3.05, 3.63) is 35.1 Å². The molecule has 1 heterocycles. The van der Waals surface area contributed by atoms with Gasteiger partial charge in [-0.1, -0.05) is 11.8 Å². The number of aryl methyl sites for hydroxylation is 1. The van der Waals surface area contributed by atoms with E-state index in [9.17, 15) is 9.18 Å². The van der Waals surface area contributed by atoms with Crippen molar-refractivity contribution < 1.29 is 9.18 Å². The number of amides is 1. The minimum absolute atomic E-state index is 0.0148. The molecule has 0 radical (unpaired) electrons. The summed E-state index contributed by atoms with van der Waals surface area (Å²) in [5, 5.41) is 4.59. The number of nitrogens with one attached hydrogen (secondary N) is 1. The quantitative estimate of drug-likeness (QED) is 0.672. The van der Waals surface area contributed by atoms with Crippen molar-refractivity contribution in [3.8, 4) is 0 Å². The van der Waals surface area contributed by atoms with E-state index in [4.69, 9.17) is 5.73 Å². The SMILES string of the molecule is Cc1csc(SCC(=O)Nc2ccc(F)c(N)c2)n1. The molecule has 0 spiro atoms. The molecule has 0 unspecified atom stereocenters. The van der Waals surface area contributed by atoms with Gasteiger partial charge in [-0.2, -0.15) is 0 Å². The number of rotatable bonds is 4. The van der Waals surface area contributed by atoms with E-state index in [0.29, 0.717) is 5.69 Å². The van der Waals surface area contributed by atoms with Gasteiger partial charge in [-0.15, -0.1) is 11.3 Å². The second-order valence-corrected chi connectivity index (χ2v) is 5.91. The van der Waals surface area contributed by atoms with Gasteiger partial charge in [0.25, 0.3) is 0 Å². The Bertz CT molecular complexity index is 600. The number of anilines is 2. The molecule has 1 aromatic heterocycles. The van der Waals surface area contributed by atoms with Gasteiger partial charge in [0.1, 0.15) is 5.82 Å². The van der Waals surface area contributed by atoms with Crippen LogP contribution in [0, 0.1) is 12.7 Å². The number of halogens is 1. The topological polar surface area (TPSA) is 68.0 Å². The van der Waals surface area contributed by atoms with Gasteiger partial charge >= 0.3 is 0 Å². The highest BCUT2D eigenvalue weighted by Crippen LogP contribution is 2.22. The summed E-state index contributed by atoms with van der Waals surface area (Å²) in [6, 6.07) is 4.09. The third-order valence-electron chi connectivity index (χ3n) is 2.20. The zero-order valence-corrected chi connectivity index (χ0v) is 11.8. The summed E-state index contributed by atoms with van der Waals surface area (Å²) >= 11 is 2.87. The lowest BCUT2D eigenvalue weighted by atomic mass is 10.2. The summed E-state index contributed by atoms with van der Waals surface area (Å²) in [6.07, 6.45) is 0. The number of hydrogen-bond acceptors (Lipinski definition) is 5. The van der Waals surface area contributed by atoms with Crippen LogP contribution in [0.15, 0.2) is 27.9 Å². The van der Waals surface area contributed by atoms with Gasteiger partial charge in [0.15, 0.2) is 4.34 Å². The van der Waals surface area contributed by atoms with Crippen LogP contribution in [0.4, 0.5) is 15.8 Å². The molecule has 0 aliphatic heterocycles. The van der Waals surface area contributed by atoms with E-state index >= 15 is 0 Å². The van der Waals surface area contributed by atoms with Crippen LogP contribution < -0.4 is 11.1 Å². The summed E-state index contributed by atoms with van der Waals surface area (Å²) < 4.78 is 13.8. The molecule has 1 aromatic carbocycles. The molecule has 0 bridgehead atoms. The Hall–Kier alpha value is -1.60. The first-order chi connectivity index (χ1) is 9.04. The molecule has 2 aromatic rings. The maximum absolute atomic E-state index is 13.0. The average molecular weight is 297 g/mol. The highest BCUT2D eigenvalue weighted by atomic mass is 32.2. The first kappa shape index (κ1) is 13.8. The number of nitrogens with two attached hydrogens (primary N) is 1. The van der Waals surface area contributed by atoms with E-state index in [-0.39, 0.29) is 17.3 Å². The molecule has 3 N–H and O–H groups in total. The molecule has 4 nitrogen and oxygen atoms in total. The van der Waals surface area contributed by atoms with Crippen LogP contribution in [0.5, 0.6) is 0 Å². The molecule has 0 atom stereocenters. The second-order valence-electron chi connectivity index (χ2n) is 3.83. The molecular weight excluding hydrogens is 285 g/mol. The molecule has 0 saturated carbocycles. The zero-order valence-electron chi connectivity index (χ0n) is 10.1. The van der Waals surface area contributed by atoms with Crippen molar-refractivity contribution in [3.63, 3.8) is 0 Å². The predicted octanol–water partition coefficient (Wildman–Crippen LogP) is 2.90. The van der Waals surface area contributed by atoms with Crippen LogP contribution in [0.2, 0.25) is 0 Å². The molecule has 1 amide bonds. The lowest BCUT2D eigenvalue weighted by molar-refractivity contribution is -0.113. The number of benzene rings is 1. The Balaban J connectivity index is 1.88. The number of carbonyl (C=O) groups is 1. The number of aromatic nitrogens is 1. The van der Waals surface area contributed by atoms with Gasteiger partial charge in [0, 0.05) is 16.8 Å². The monoisotopic (exact) mass is 297 g/mol. The van der Waals surface area contributed by atoms with Crippen molar-refractivity contribution >= 4 is 40.4 Å². The lowest BCUT2D eigenvalue weighted by Crippen LogP contribution is -2.14. The Labute approximate surface area is 118 Å². The lowest BCUT2D eigenvalue weighted by Gasteiger charge is -2.05. The maximum atomic E-state index is 13.0. The Morgan fingerprint density at radius 2 is 2.37 bits per heavy atom. The molecule has 0 fully saturated rings. The number of nitrogen functional groups attached to an aromatic ring is 1. The third kappa shape index (κ3) is 3.93. The van der Waals surface area contributed by atoms with Crippen LogP contribution in [0.1, 0.15) is 5.69 Å². The van der Waals surface area contributed by atoms with Crippen LogP contribution in [-0.2, 0) is 4.79 Å².